The molecule has 0 spiro atoms. The Hall–Kier alpha value is -2.44. The molecule has 1 aliphatic rings. The van der Waals surface area contributed by atoms with E-state index < -0.39 is 17.7 Å². The van der Waals surface area contributed by atoms with E-state index in [0.717, 1.165) is 23.1 Å². The molecule has 1 aliphatic heterocycles. The van der Waals surface area contributed by atoms with Crippen LogP contribution in [0.2, 0.25) is 0 Å². The summed E-state index contributed by atoms with van der Waals surface area (Å²) in [4.78, 5) is 12.4. The first-order valence-electron chi connectivity index (χ1n) is 6.11. The summed E-state index contributed by atoms with van der Waals surface area (Å²) in [5, 5.41) is 15.9. The highest BCUT2D eigenvalue weighted by molar-refractivity contribution is 5.93. The molecule has 0 atom stereocenters. The molecule has 0 aliphatic carbocycles. The minimum Gasteiger partial charge on any atom is -0.465 e. The van der Waals surface area contributed by atoms with Crippen LogP contribution in [0.1, 0.15) is 12.1 Å². The van der Waals surface area contributed by atoms with Crippen molar-refractivity contribution in [3.05, 3.63) is 35.5 Å². The number of hydrogen-bond acceptors (Lipinski definition) is 2. The number of rotatable bonds is 1. The van der Waals surface area contributed by atoms with Crippen molar-refractivity contribution in [2.45, 2.75) is 12.8 Å². The van der Waals surface area contributed by atoms with Gasteiger partial charge in [0.25, 0.3) is 0 Å². The molecule has 0 radical (unpaired) electrons. The highest BCUT2D eigenvalue weighted by atomic mass is 19.1. The number of aromatic nitrogens is 2. The molecule has 104 valence electrons. The fraction of sp³-hybridized carbons (Fsp3) is 0.231. The van der Waals surface area contributed by atoms with Crippen LogP contribution in [0.5, 0.6) is 0 Å². The fourth-order valence-electron chi connectivity index (χ4n) is 2.42. The molecule has 20 heavy (non-hydrogen) atoms. The van der Waals surface area contributed by atoms with Gasteiger partial charge < -0.3 is 5.11 Å². The Bertz CT molecular complexity index is 684. The topological polar surface area (TPSA) is 69.2 Å². The van der Waals surface area contributed by atoms with E-state index in [1.54, 1.807) is 0 Å². The number of aromatic amines is 1. The number of hydrogen-bond donors (Lipinski definition) is 2. The quantitative estimate of drug-likeness (QED) is 0.843. The number of H-pyrrole nitrogens is 1. The summed E-state index contributed by atoms with van der Waals surface area (Å²) in [6.45, 7) is 0.311. The lowest BCUT2D eigenvalue weighted by atomic mass is 10.0. The second kappa shape index (κ2) is 4.59. The molecule has 0 fully saturated rings. The Labute approximate surface area is 112 Å². The van der Waals surface area contributed by atoms with Crippen molar-refractivity contribution < 1.29 is 18.7 Å². The molecule has 2 aromatic rings. The number of nitrogens with one attached hydrogen (secondary N) is 1. The van der Waals surface area contributed by atoms with Gasteiger partial charge in [0.05, 0.1) is 11.4 Å². The molecule has 2 heterocycles. The van der Waals surface area contributed by atoms with Gasteiger partial charge in [0.1, 0.15) is 17.3 Å². The number of carboxylic acid groups (broad SMARTS) is 1. The number of anilines is 1. The highest BCUT2D eigenvalue weighted by Gasteiger charge is 2.29. The molecule has 0 bridgehead atoms. The SMILES string of the molecule is O=C(O)N1CCCc2[nH]nc(-c3cc(F)ccc3F)c21. The zero-order valence-corrected chi connectivity index (χ0v) is 10.4. The van der Waals surface area contributed by atoms with Crippen LogP contribution in [0.15, 0.2) is 18.2 Å². The lowest BCUT2D eigenvalue weighted by molar-refractivity contribution is 0.201. The maximum absolute atomic E-state index is 13.8. The average Bonchev–Trinajstić information content (AvgIpc) is 2.85. The van der Waals surface area contributed by atoms with Crippen LogP contribution < -0.4 is 4.90 Å². The van der Waals surface area contributed by atoms with Gasteiger partial charge in [-0.2, -0.15) is 5.10 Å². The van der Waals surface area contributed by atoms with E-state index in [1.165, 1.54) is 0 Å². The summed E-state index contributed by atoms with van der Waals surface area (Å²) in [5.74, 6) is -1.24. The van der Waals surface area contributed by atoms with E-state index in [4.69, 9.17) is 0 Å². The van der Waals surface area contributed by atoms with Gasteiger partial charge in [0.2, 0.25) is 0 Å². The minimum atomic E-state index is -1.13. The third kappa shape index (κ3) is 1.91. The van der Waals surface area contributed by atoms with E-state index in [-0.39, 0.29) is 11.3 Å². The van der Waals surface area contributed by atoms with Crippen molar-refractivity contribution in [2.24, 2.45) is 0 Å². The van der Waals surface area contributed by atoms with Crippen molar-refractivity contribution in [1.82, 2.24) is 10.2 Å². The van der Waals surface area contributed by atoms with Gasteiger partial charge in [-0.25, -0.2) is 13.6 Å². The zero-order valence-electron chi connectivity index (χ0n) is 10.4. The van der Waals surface area contributed by atoms with Crippen molar-refractivity contribution in [2.75, 3.05) is 11.4 Å². The summed E-state index contributed by atoms with van der Waals surface area (Å²) in [7, 11) is 0. The van der Waals surface area contributed by atoms with Crippen LogP contribution >= 0.6 is 0 Å². The monoisotopic (exact) mass is 279 g/mol. The molecule has 1 aromatic heterocycles. The molecular weight excluding hydrogens is 268 g/mol. The van der Waals surface area contributed by atoms with Gasteiger partial charge in [-0.3, -0.25) is 10.00 Å². The van der Waals surface area contributed by atoms with Crippen LogP contribution in [-0.2, 0) is 6.42 Å². The number of benzene rings is 1. The van der Waals surface area contributed by atoms with Crippen LogP contribution in [0.25, 0.3) is 11.3 Å². The molecule has 0 saturated heterocycles. The largest absolute Gasteiger partial charge is 0.465 e. The van der Waals surface area contributed by atoms with Crippen LogP contribution in [0.4, 0.5) is 19.3 Å². The molecule has 1 amide bonds. The average molecular weight is 279 g/mol. The van der Waals surface area contributed by atoms with Gasteiger partial charge in [-0.15, -0.1) is 0 Å². The maximum atomic E-state index is 13.8. The first-order chi connectivity index (χ1) is 9.58. The molecule has 0 unspecified atom stereocenters. The van der Waals surface area contributed by atoms with Gasteiger partial charge in [-0.05, 0) is 31.0 Å². The molecule has 2 N–H and O–H groups in total. The second-order valence-corrected chi connectivity index (χ2v) is 4.56. The van der Waals surface area contributed by atoms with Crippen molar-refractivity contribution in [1.29, 1.82) is 0 Å². The minimum absolute atomic E-state index is 0.0457. The van der Waals surface area contributed by atoms with Crippen LogP contribution in [-0.4, -0.2) is 27.9 Å². The Morgan fingerprint density at radius 1 is 1.40 bits per heavy atom. The Balaban J connectivity index is 2.19. The van der Waals surface area contributed by atoms with Gasteiger partial charge >= 0.3 is 6.09 Å². The first-order valence-corrected chi connectivity index (χ1v) is 6.11. The number of aryl methyl sites for hydroxylation is 1. The number of halogens is 2. The normalized spacial score (nSPS) is 14.2. The molecular formula is C13H11F2N3O2. The summed E-state index contributed by atoms with van der Waals surface area (Å²) < 4.78 is 27.1. The summed E-state index contributed by atoms with van der Waals surface area (Å²) in [6, 6.07) is 3.02. The number of carbonyl (C=O) groups is 1. The number of nitrogens with zero attached hydrogens (tertiary/aromatic N) is 2. The Kier molecular flexibility index (Phi) is 2.89. The molecule has 5 nitrogen and oxygen atoms in total. The van der Waals surface area contributed by atoms with Crippen molar-refractivity contribution in [3.63, 3.8) is 0 Å². The second-order valence-electron chi connectivity index (χ2n) is 4.56. The molecule has 7 heteroatoms. The lowest BCUT2D eigenvalue weighted by Gasteiger charge is -2.24. The third-order valence-electron chi connectivity index (χ3n) is 3.31. The number of fused-ring (bicyclic) bond motifs is 1. The van der Waals surface area contributed by atoms with Crippen molar-refractivity contribution >= 4 is 11.8 Å². The van der Waals surface area contributed by atoms with Crippen LogP contribution in [0.3, 0.4) is 0 Å². The predicted molar refractivity (Wildman–Crippen MR) is 67.6 cm³/mol. The van der Waals surface area contributed by atoms with E-state index in [0.29, 0.717) is 30.8 Å². The number of amides is 1. The lowest BCUT2D eigenvalue weighted by Crippen LogP contribution is -2.34. The first kappa shape index (κ1) is 12.6. The van der Waals surface area contributed by atoms with E-state index in [2.05, 4.69) is 10.2 Å². The highest BCUT2D eigenvalue weighted by Crippen LogP contribution is 2.36. The molecule has 1 aromatic carbocycles. The Morgan fingerprint density at radius 2 is 2.20 bits per heavy atom. The summed E-state index contributed by atoms with van der Waals surface area (Å²) in [6.07, 6.45) is 0.153. The summed E-state index contributed by atoms with van der Waals surface area (Å²) >= 11 is 0. The van der Waals surface area contributed by atoms with Gasteiger partial charge in [0.15, 0.2) is 0 Å². The Morgan fingerprint density at radius 3 is 2.95 bits per heavy atom. The van der Waals surface area contributed by atoms with E-state index in [9.17, 15) is 18.7 Å². The zero-order chi connectivity index (χ0) is 14.3. The fourth-order valence-corrected chi connectivity index (χ4v) is 2.42. The van der Waals surface area contributed by atoms with E-state index in [1.807, 2.05) is 0 Å². The maximum Gasteiger partial charge on any atom is 0.411 e. The third-order valence-corrected chi connectivity index (χ3v) is 3.31. The van der Waals surface area contributed by atoms with Gasteiger partial charge in [-0.1, -0.05) is 0 Å². The van der Waals surface area contributed by atoms with E-state index >= 15 is 0 Å². The smallest absolute Gasteiger partial charge is 0.411 e. The van der Waals surface area contributed by atoms with Crippen molar-refractivity contribution in [3.8, 4) is 11.3 Å². The van der Waals surface area contributed by atoms with Crippen LogP contribution in [0, 0.1) is 11.6 Å². The predicted octanol–water partition coefficient (Wildman–Crippen LogP) is 2.79. The summed E-state index contributed by atoms with van der Waals surface area (Å²) in [5.41, 5.74) is 1.01. The standard InChI is InChI=1S/C13H11F2N3O2/c14-7-3-4-9(15)8(6-7)11-12-10(16-17-11)2-1-5-18(12)13(19)20/h3-4,6H,1-2,5H2,(H,16,17)(H,19,20). The molecule has 3 rings (SSSR count). The molecule has 0 saturated carbocycles. The van der Waals surface area contributed by atoms with Gasteiger partial charge in [0, 0.05) is 12.1 Å².